The van der Waals surface area contributed by atoms with E-state index in [1.54, 1.807) is 0 Å². The highest BCUT2D eigenvalue weighted by atomic mass is 35.5. The van der Waals surface area contributed by atoms with Crippen molar-refractivity contribution < 1.29 is 4.52 Å². The average molecular weight is 422 g/mol. The molecule has 156 valence electrons. The molecule has 1 fully saturated rings. The Morgan fingerprint density at radius 1 is 1.00 bits per heavy atom. The highest BCUT2D eigenvalue weighted by molar-refractivity contribution is 6.30. The van der Waals surface area contributed by atoms with Gasteiger partial charge in [-0.2, -0.15) is 4.98 Å². The zero-order valence-electron chi connectivity index (χ0n) is 17.5. The van der Waals surface area contributed by atoms with E-state index in [2.05, 4.69) is 65.5 Å². The smallest absolute Gasteiger partial charge is 0.250 e. The van der Waals surface area contributed by atoms with Crippen LogP contribution in [0, 0.1) is 11.8 Å². The Bertz CT molecular complexity index is 958. The molecule has 4 nitrogen and oxygen atoms in total. The van der Waals surface area contributed by atoms with E-state index in [-0.39, 0.29) is 0 Å². The molecule has 1 aromatic heterocycles. The zero-order chi connectivity index (χ0) is 20.9. The van der Waals surface area contributed by atoms with Crippen molar-refractivity contribution >= 4 is 17.7 Å². The van der Waals surface area contributed by atoms with E-state index in [1.165, 1.54) is 31.2 Å². The van der Waals surface area contributed by atoms with E-state index < -0.39 is 0 Å². The number of aromatic nitrogens is 2. The number of rotatable bonds is 6. The van der Waals surface area contributed by atoms with Crippen LogP contribution in [0.1, 0.15) is 43.2 Å². The minimum atomic E-state index is 0.481. The molecule has 1 atom stereocenters. The maximum atomic E-state index is 5.94. The third-order valence-corrected chi connectivity index (χ3v) is 6.27. The van der Waals surface area contributed by atoms with Crippen LogP contribution in [0.2, 0.25) is 5.02 Å². The molecule has 0 saturated heterocycles. The molecule has 0 radical (unpaired) electrons. The van der Waals surface area contributed by atoms with Crippen molar-refractivity contribution in [3.8, 4) is 11.4 Å². The first-order valence-electron chi connectivity index (χ1n) is 10.6. The number of hydrogen-bond donors (Lipinski definition) is 0. The molecule has 0 N–H and O–H groups in total. The van der Waals surface area contributed by atoms with Crippen molar-refractivity contribution in [1.82, 2.24) is 15.0 Å². The van der Waals surface area contributed by atoms with Crippen LogP contribution in [0.4, 0.5) is 0 Å². The molecule has 1 heterocycles. The number of hydrogen-bond acceptors (Lipinski definition) is 4. The molecule has 0 bridgehead atoms. The summed E-state index contributed by atoms with van der Waals surface area (Å²) < 4.78 is 5.40. The summed E-state index contributed by atoms with van der Waals surface area (Å²) in [5, 5.41) is 4.78. The molecular formula is C25H28ClN3O. The third-order valence-electron chi connectivity index (χ3n) is 6.02. The van der Waals surface area contributed by atoms with Crippen molar-refractivity contribution in [3.05, 3.63) is 77.2 Å². The predicted octanol–water partition coefficient (Wildman–Crippen LogP) is 6.51. The standard InChI is InChI=1S/C25H28ClN3O/c1-29(2)24(19-6-4-3-5-7-19)20-11-8-18(9-12-20)10-17-23-27-25(28-30-23)21-13-15-22(26)16-14-21/h3-7,10,13-18,20,24H,8-9,11-12H2,1-2H3/b17-10+. The van der Waals surface area contributed by atoms with Gasteiger partial charge in [0.15, 0.2) is 0 Å². The first-order chi connectivity index (χ1) is 14.6. The largest absolute Gasteiger partial charge is 0.334 e. The van der Waals surface area contributed by atoms with Gasteiger partial charge in [0.05, 0.1) is 0 Å². The van der Waals surface area contributed by atoms with Crippen LogP contribution in [-0.2, 0) is 0 Å². The number of nitrogens with zero attached hydrogens (tertiary/aromatic N) is 3. The van der Waals surface area contributed by atoms with Gasteiger partial charge in [0, 0.05) is 16.6 Å². The molecule has 1 saturated carbocycles. The average Bonchev–Trinajstić information content (AvgIpc) is 3.23. The monoisotopic (exact) mass is 421 g/mol. The maximum Gasteiger partial charge on any atom is 0.250 e. The fourth-order valence-electron chi connectivity index (χ4n) is 4.53. The van der Waals surface area contributed by atoms with Gasteiger partial charge in [0.25, 0.3) is 5.89 Å². The fourth-order valence-corrected chi connectivity index (χ4v) is 4.66. The molecule has 1 unspecified atom stereocenters. The number of benzene rings is 2. The summed E-state index contributed by atoms with van der Waals surface area (Å²) in [6, 6.07) is 18.8. The first kappa shape index (κ1) is 20.8. The Kier molecular flexibility index (Phi) is 6.66. The molecule has 0 spiro atoms. The lowest BCUT2D eigenvalue weighted by Crippen LogP contribution is -2.30. The Morgan fingerprint density at radius 2 is 1.70 bits per heavy atom. The van der Waals surface area contributed by atoms with Crippen molar-refractivity contribution in [2.75, 3.05) is 14.1 Å². The Labute approximate surface area is 183 Å². The zero-order valence-corrected chi connectivity index (χ0v) is 18.3. The van der Waals surface area contributed by atoms with Crippen LogP contribution >= 0.6 is 11.6 Å². The van der Waals surface area contributed by atoms with Crippen LogP contribution in [0.15, 0.2) is 65.2 Å². The van der Waals surface area contributed by atoms with E-state index in [4.69, 9.17) is 16.1 Å². The van der Waals surface area contributed by atoms with E-state index in [1.807, 2.05) is 30.3 Å². The van der Waals surface area contributed by atoms with Gasteiger partial charge < -0.3 is 9.42 Å². The maximum absolute atomic E-state index is 5.94. The van der Waals surface area contributed by atoms with Crippen molar-refractivity contribution in [2.45, 2.75) is 31.7 Å². The van der Waals surface area contributed by atoms with Crippen LogP contribution in [-0.4, -0.2) is 29.1 Å². The molecule has 0 aliphatic heterocycles. The highest BCUT2D eigenvalue weighted by Crippen LogP contribution is 2.39. The highest BCUT2D eigenvalue weighted by Gasteiger charge is 2.29. The van der Waals surface area contributed by atoms with Crippen molar-refractivity contribution in [1.29, 1.82) is 0 Å². The van der Waals surface area contributed by atoms with Gasteiger partial charge in [-0.1, -0.05) is 53.2 Å². The second kappa shape index (κ2) is 9.59. The van der Waals surface area contributed by atoms with Crippen LogP contribution < -0.4 is 0 Å². The molecule has 2 aromatic carbocycles. The molecule has 30 heavy (non-hydrogen) atoms. The summed E-state index contributed by atoms with van der Waals surface area (Å²) in [4.78, 5) is 6.85. The van der Waals surface area contributed by atoms with Crippen molar-refractivity contribution in [3.63, 3.8) is 0 Å². The summed E-state index contributed by atoms with van der Waals surface area (Å²) in [5.41, 5.74) is 2.32. The Hall–Kier alpha value is -2.43. The molecule has 5 heteroatoms. The summed E-state index contributed by atoms with van der Waals surface area (Å²) in [6.45, 7) is 0. The van der Waals surface area contributed by atoms with Gasteiger partial charge in [-0.05, 0) is 87.5 Å². The normalized spacial score (nSPS) is 20.7. The number of halogens is 1. The summed E-state index contributed by atoms with van der Waals surface area (Å²) in [6.07, 6.45) is 9.05. The van der Waals surface area contributed by atoms with Gasteiger partial charge in [0.1, 0.15) is 0 Å². The van der Waals surface area contributed by atoms with E-state index >= 15 is 0 Å². The second-order valence-corrected chi connectivity index (χ2v) is 8.75. The third kappa shape index (κ3) is 5.00. The molecule has 1 aliphatic rings. The number of allylic oxidation sites excluding steroid dienone is 1. The van der Waals surface area contributed by atoms with Crippen LogP contribution in [0.25, 0.3) is 17.5 Å². The Morgan fingerprint density at radius 3 is 2.37 bits per heavy atom. The van der Waals surface area contributed by atoms with E-state index in [9.17, 15) is 0 Å². The second-order valence-electron chi connectivity index (χ2n) is 8.32. The predicted molar refractivity (Wildman–Crippen MR) is 122 cm³/mol. The Balaban J connectivity index is 1.35. The molecule has 4 rings (SSSR count). The van der Waals surface area contributed by atoms with Crippen molar-refractivity contribution in [2.24, 2.45) is 11.8 Å². The fraction of sp³-hybridized carbons (Fsp3) is 0.360. The molecule has 1 aliphatic carbocycles. The summed E-state index contributed by atoms with van der Waals surface area (Å²) in [5.74, 6) is 2.39. The van der Waals surface area contributed by atoms with E-state index in [0.29, 0.717) is 34.6 Å². The minimum absolute atomic E-state index is 0.481. The SMILES string of the molecule is CN(C)C(c1ccccc1)C1CCC(/C=C/c2nc(-c3ccc(Cl)cc3)no2)CC1. The first-order valence-corrected chi connectivity index (χ1v) is 11.0. The molecule has 3 aromatic rings. The summed E-state index contributed by atoms with van der Waals surface area (Å²) in [7, 11) is 4.38. The van der Waals surface area contributed by atoms with Crippen LogP contribution in [0.5, 0.6) is 0 Å². The van der Waals surface area contributed by atoms with Crippen LogP contribution in [0.3, 0.4) is 0 Å². The van der Waals surface area contributed by atoms with Gasteiger partial charge in [0.2, 0.25) is 5.82 Å². The topological polar surface area (TPSA) is 42.2 Å². The lowest BCUT2D eigenvalue weighted by molar-refractivity contribution is 0.159. The lowest BCUT2D eigenvalue weighted by Gasteiger charge is -2.37. The van der Waals surface area contributed by atoms with Gasteiger partial charge in [-0.15, -0.1) is 0 Å². The lowest BCUT2D eigenvalue weighted by atomic mass is 9.76. The quantitative estimate of drug-likeness (QED) is 0.454. The van der Waals surface area contributed by atoms with Gasteiger partial charge in [-0.25, -0.2) is 0 Å². The minimum Gasteiger partial charge on any atom is -0.334 e. The summed E-state index contributed by atoms with van der Waals surface area (Å²) >= 11 is 5.94. The van der Waals surface area contributed by atoms with Gasteiger partial charge in [-0.3, -0.25) is 0 Å². The van der Waals surface area contributed by atoms with E-state index in [0.717, 1.165) is 5.56 Å². The molecule has 0 amide bonds. The molecular weight excluding hydrogens is 394 g/mol. The van der Waals surface area contributed by atoms with Gasteiger partial charge >= 0.3 is 0 Å².